The highest BCUT2D eigenvalue weighted by molar-refractivity contribution is 5.97. The molecule has 0 spiro atoms. The molecule has 1 aromatic heterocycles. The van der Waals surface area contributed by atoms with Gasteiger partial charge in [-0.25, -0.2) is 0 Å². The summed E-state index contributed by atoms with van der Waals surface area (Å²) in [5.74, 6) is 0. The molecule has 8 heteroatoms. The van der Waals surface area contributed by atoms with Crippen molar-refractivity contribution >= 4 is 10.9 Å². The van der Waals surface area contributed by atoms with Gasteiger partial charge in [-0.2, -0.15) is 26.3 Å². The first-order valence-electron chi connectivity index (χ1n) is 8.44. The van der Waals surface area contributed by atoms with Crippen LogP contribution in [0.3, 0.4) is 0 Å². The monoisotopic (exact) mass is 400 g/mol. The van der Waals surface area contributed by atoms with Gasteiger partial charge in [0.2, 0.25) is 0 Å². The number of benzene rings is 2. The number of aromatic nitrogens is 1. The van der Waals surface area contributed by atoms with Gasteiger partial charge in [0, 0.05) is 22.7 Å². The molecule has 0 aliphatic carbocycles. The second-order valence-corrected chi connectivity index (χ2v) is 7.46. The Balaban J connectivity index is 2.23. The number of halogens is 6. The van der Waals surface area contributed by atoms with Gasteiger partial charge in [0.05, 0.1) is 16.6 Å². The summed E-state index contributed by atoms with van der Waals surface area (Å²) in [5, 5.41) is 0.684. The number of fused-ring (bicyclic) bond motifs is 1. The van der Waals surface area contributed by atoms with Crippen LogP contribution in [0.5, 0.6) is 0 Å². The third kappa shape index (κ3) is 4.01. The highest BCUT2D eigenvalue weighted by Crippen LogP contribution is 2.42. The van der Waals surface area contributed by atoms with Gasteiger partial charge >= 0.3 is 12.4 Å². The van der Waals surface area contributed by atoms with Crippen LogP contribution in [0.2, 0.25) is 0 Å². The van der Waals surface area contributed by atoms with Gasteiger partial charge in [-0.15, -0.1) is 0 Å². The Morgan fingerprint density at radius 1 is 0.893 bits per heavy atom. The molecule has 28 heavy (non-hydrogen) atoms. The molecular formula is C20H18F6N2. The Labute approximate surface area is 157 Å². The molecule has 0 aliphatic rings. The maximum Gasteiger partial charge on any atom is 0.417 e. The number of alkyl halides is 6. The predicted octanol–water partition coefficient (Wildman–Crippen LogP) is 6.15. The number of aromatic amines is 1. The van der Waals surface area contributed by atoms with E-state index in [0.717, 1.165) is 11.6 Å². The van der Waals surface area contributed by atoms with Gasteiger partial charge in [-0.1, -0.05) is 24.3 Å². The Hall–Kier alpha value is -2.48. The van der Waals surface area contributed by atoms with Crippen LogP contribution >= 0.6 is 0 Å². The molecule has 2 aromatic carbocycles. The lowest BCUT2D eigenvalue weighted by Crippen LogP contribution is -2.34. The quantitative estimate of drug-likeness (QED) is 0.509. The van der Waals surface area contributed by atoms with Gasteiger partial charge in [0.15, 0.2) is 0 Å². The van der Waals surface area contributed by atoms with Crippen molar-refractivity contribution in [2.45, 2.75) is 38.2 Å². The van der Waals surface area contributed by atoms with Crippen molar-refractivity contribution in [2.75, 3.05) is 0 Å². The minimum Gasteiger partial charge on any atom is -0.360 e. The van der Waals surface area contributed by atoms with Crippen molar-refractivity contribution in [3.8, 4) is 11.1 Å². The topological polar surface area (TPSA) is 41.8 Å². The molecule has 0 atom stereocenters. The second-order valence-electron chi connectivity index (χ2n) is 7.46. The summed E-state index contributed by atoms with van der Waals surface area (Å²) in [4.78, 5) is 2.96. The average molecular weight is 400 g/mol. The zero-order valence-corrected chi connectivity index (χ0v) is 15.1. The van der Waals surface area contributed by atoms with E-state index in [1.54, 1.807) is 18.3 Å². The van der Waals surface area contributed by atoms with Crippen molar-refractivity contribution in [2.24, 2.45) is 5.73 Å². The van der Waals surface area contributed by atoms with Crippen LogP contribution in [0.15, 0.2) is 42.6 Å². The number of rotatable bonds is 3. The number of para-hydroxylation sites is 1. The van der Waals surface area contributed by atoms with Crippen LogP contribution in [-0.4, -0.2) is 10.5 Å². The van der Waals surface area contributed by atoms with Crippen molar-refractivity contribution in [1.82, 2.24) is 4.98 Å². The summed E-state index contributed by atoms with van der Waals surface area (Å²) in [6.07, 6.45) is -7.65. The Kier molecular flexibility index (Phi) is 4.74. The maximum absolute atomic E-state index is 13.5. The summed E-state index contributed by atoms with van der Waals surface area (Å²) in [6, 6.07) is 6.46. The lowest BCUT2D eigenvalue weighted by atomic mass is 9.92. The summed E-state index contributed by atoms with van der Waals surface area (Å²) in [7, 11) is 0. The number of nitrogens with one attached hydrogen (secondary N) is 1. The van der Waals surface area contributed by atoms with Crippen molar-refractivity contribution in [3.05, 3.63) is 59.3 Å². The Morgan fingerprint density at radius 2 is 1.57 bits per heavy atom. The molecule has 0 fully saturated rings. The third-order valence-electron chi connectivity index (χ3n) is 4.39. The molecule has 0 saturated heterocycles. The minimum atomic E-state index is -4.94. The van der Waals surface area contributed by atoms with Crippen LogP contribution in [0, 0.1) is 0 Å². The first-order chi connectivity index (χ1) is 12.8. The van der Waals surface area contributed by atoms with Crippen molar-refractivity contribution < 1.29 is 26.3 Å². The molecule has 3 rings (SSSR count). The molecule has 3 aromatic rings. The van der Waals surface area contributed by atoms with Crippen LogP contribution in [0.1, 0.15) is 30.5 Å². The number of hydrogen-bond acceptors (Lipinski definition) is 1. The molecule has 3 N–H and O–H groups in total. The van der Waals surface area contributed by atoms with Crippen LogP contribution < -0.4 is 5.73 Å². The van der Waals surface area contributed by atoms with Crippen LogP contribution in [0.4, 0.5) is 26.3 Å². The van der Waals surface area contributed by atoms with E-state index in [1.165, 1.54) is 6.07 Å². The van der Waals surface area contributed by atoms with E-state index in [0.29, 0.717) is 23.4 Å². The molecule has 2 nitrogen and oxygen atoms in total. The number of hydrogen-bond donors (Lipinski definition) is 2. The molecule has 0 bridgehead atoms. The largest absolute Gasteiger partial charge is 0.417 e. The zero-order chi connectivity index (χ0) is 20.9. The molecule has 0 saturated carbocycles. The van der Waals surface area contributed by atoms with E-state index < -0.39 is 29.0 Å². The third-order valence-corrected chi connectivity index (χ3v) is 4.39. The fourth-order valence-corrected chi connectivity index (χ4v) is 3.26. The van der Waals surface area contributed by atoms with Crippen molar-refractivity contribution in [1.29, 1.82) is 0 Å². The normalized spacial score (nSPS) is 13.3. The predicted molar refractivity (Wildman–Crippen MR) is 95.7 cm³/mol. The lowest BCUT2D eigenvalue weighted by Gasteiger charge is -2.18. The molecular weight excluding hydrogens is 382 g/mol. The fourth-order valence-electron chi connectivity index (χ4n) is 3.26. The van der Waals surface area contributed by atoms with Gasteiger partial charge in [-0.3, -0.25) is 0 Å². The number of nitrogens with two attached hydrogens (primary N) is 1. The van der Waals surface area contributed by atoms with Gasteiger partial charge in [0.25, 0.3) is 0 Å². The highest BCUT2D eigenvalue weighted by atomic mass is 19.4. The van der Waals surface area contributed by atoms with E-state index in [1.807, 2.05) is 13.8 Å². The SMILES string of the molecule is CC(C)(N)Cc1c[nH]c2c(-c3ccc(C(F)(F)F)cc3C(F)(F)F)cccc12. The fraction of sp³-hybridized carbons (Fsp3) is 0.300. The minimum absolute atomic E-state index is 0.154. The van der Waals surface area contributed by atoms with E-state index in [4.69, 9.17) is 5.73 Å². The van der Waals surface area contributed by atoms with Gasteiger partial charge in [-0.05, 0) is 43.5 Å². The average Bonchev–Trinajstić information content (AvgIpc) is 2.94. The smallest absolute Gasteiger partial charge is 0.360 e. The van der Waals surface area contributed by atoms with Crippen molar-refractivity contribution in [3.63, 3.8) is 0 Å². The molecule has 0 amide bonds. The molecule has 0 aliphatic heterocycles. The second kappa shape index (κ2) is 6.55. The first-order valence-corrected chi connectivity index (χ1v) is 8.44. The lowest BCUT2D eigenvalue weighted by molar-refractivity contribution is -0.142. The van der Waals surface area contributed by atoms with Gasteiger partial charge < -0.3 is 10.7 Å². The first kappa shape index (κ1) is 20.3. The Morgan fingerprint density at radius 3 is 2.14 bits per heavy atom. The molecule has 0 unspecified atom stereocenters. The van der Waals surface area contributed by atoms with Gasteiger partial charge in [0.1, 0.15) is 0 Å². The molecule has 0 radical (unpaired) electrons. The zero-order valence-electron chi connectivity index (χ0n) is 15.1. The molecule has 1 heterocycles. The molecule has 150 valence electrons. The maximum atomic E-state index is 13.5. The van der Waals surface area contributed by atoms with Crippen LogP contribution in [0.25, 0.3) is 22.0 Å². The standard InChI is InChI=1S/C20H18F6N2/c1-18(2,27)9-11-10-28-17-13(11)4-3-5-15(17)14-7-6-12(19(21,22)23)8-16(14)20(24,25)26/h3-8,10,28H,9,27H2,1-2H3. The Bertz CT molecular complexity index is 1010. The highest BCUT2D eigenvalue weighted by Gasteiger charge is 2.38. The summed E-state index contributed by atoms with van der Waals surface area (Å²) in [5.41, 5.74) is 3.95. The van der Waals surface area contributed by atoms with E-state index in [9.17, 15) is 26.3 Å². The summed E-state index contributed by atoms with van der Waals surface area (Å²) >= 11 is 0. The number of H-pyrrole nitrogens is 1. The van der Waals surface area contributed by atoms with E-state index >= 15 is 0 Å². The summed E-state index contributed by atoms with van der Waals surface area (Å²) in [6.45, 7) is 3.65. The van der Waals surface area contributed by atoms with E-state index in [2.05, 4.69) is 4.98 Å². The van der Waals surface area contributed by atoms with Crippen LogP contribution in [-0.2, 0) is 18.8 Å². The van der Waals surface area contributed by atoms with E-state index in [-0.39, 0.29) is 17.2 Å². The summed E-state index contributed by atoms with van der Waals surface area (Å²) < 4.78 is 79.4.